The molecular weight excluding hydrogens is 486 g/mol. The maximum Gasteiger partial charge on any atom is 0.326 e. The number of amides is 3. The van der Waals surface area contributed by atoms with Gasteiger partial charge in [-0.1, -0.05) is 32.4 Å². The molecule has 5 unspecified atom stereocenters. The van der Waals surface area contributed by atoms with Gasteiger partial charge in [-0.15, -0.1) is 0 Å². The number of carbonyl (C=O) groups is 4. The van der Waals surface area contributed by atoms with Gasteiger partial charge >= 0.3 is 5.97 Å². The van der Waals surface area contributed by atoms with E-state index in [0.29, 0.717) is 31.4 Å². The van der Waals surface area contributed by atoms with Crippen molar-refractivity contribution in [3.8, 4) is 5.75 Å². The molecule has 36 heavy (non-hydrogen) atoms. The molecule has 11 nitrogen and oxygen atoms in total. The molecule has 0 aromatic heterocycles. The van der Waals surface area contributed by atoms with Crippen LogP contribution in [0.1, 0.15) is 45.1 Å². The molecule has 0 fully saturated rings. The summed E-state index contributed by atoms with van der Waals surface area (Å²) < 4.78 is 0. The van der Waals surface area contributed by atoms with Crippen LogP contribution in [-0.2, 0) is 25.6 Å². The van der Waals surface area contributed by atoms with E-state index in [0.717, 1.165) is 0 Å². The van der Waals surface area contributed by atoms with E-state index < -0.39 is 47.9 Å². The fourth-order valence-electron chi connectivity index (χ4n) is 3.35. The molecule has 0 saturated carbocycles. The lowest BCUT2D eigenvalue weighted by Crippen LogP contribution is -2.58. The molecule has 0 radical (unpaired) electrons. The number of hydrogen-bond acceptors (Lipinski definition) is 8. The average Bonchev–Trinajstić information content (AvgIpc) is 2.86. The monoisotopic (exact) mass is 525 g/mol. The van der Waals surface area contributed by atoms with Crippen molar-refractivity contribution in [3.05, 3.63) is 29.8 Å². The first kappa shape index (κ1) is 31.2. The fourth-order valence-corrected chi connectivity index (χ4v) is 3.60. The summed E-state index contributed by atoms with van der Waals surface area (Å²) in [6.45, 7) is 4.13. The van der Waals surface area contributed by atoms with E-state index in [1.807, 2.05) is 13.8 Å². The number of hydrogen-bond donors (Lipinski definition) is 8. The molecule has 0 bridgehead atoms. The van der Waals surface area contributed by atoms with Gasteiger partial charge < -0.3 is 37.6 Å². The normalized spacial score (nSPS) is 15.1. The highest BCUT2D eigenvalue weighted by molar-refractivity contribution is 7.80. The highest BCUT2D eigenvalue weighted by atomic mass is 32.1. The van der Waals surface area contributed by atoms with E-state index >= 15 is 0 Å². The molecule has 0 aliphatic heterocycles. The van der Waals surface area contributed by atoms with E-state index in [-0.39, 0.29) is 30.3 Å². The number of nitrogens with one attached hydrogen (secondary N) is 3. The third-order valence-electron chi connectivity index (χ3n) is 5.95. The van der Waals surface area contributed by atoms with Gasteiger partial charge in [-0.3, -0.25) is 14.4 Å². The summed E-state index contributed by atoms with van der Waals surface area (Å²) in [4.78, 5) is 50.1. The largest absolute Gasteiger partial charge is 0.508 e. The molecule has 1 aromatic carbocycles. The van der Waals surface area contributed by atoms with Gasteiger partial charge in [-0.25, -0.2) is 4.79 Å². The molecule has 0 saturated heterocycles. The Morgan fingerprint density at radius 3 is 2.03 bits per heavy atom. The summed E-state index contributed by atoms with van der Waals surface area (Å²) in [5.41, 5.74) is 12.1. The predicted molar refractivity (Wildman–Crippen MR) is 139 cm³/mol. The maximum atomic E-state index is 13.2. The summed E-state index contributed by atoms with van der Waals surface area (Å²) in [5.74, 6) is -3.23. The Kier molecular flexibility index (Phi) is 13.9. The van der Waals surface area contributed by atoms with Crippen molar-refractivity contribution in [2.75, 3.05) is 12.3 Å². The molecular formula is C24H39N5O6S. The van der Waals surface area contributed by atoms with Gasteiger partial charge in [-0.2, -0.15) is 12.6 Å². The van der Waals surface area contributed by atoms with Crippen LogP contribution < -0.4 is 27.4 Å². The molecule has 1 rings (SSSR count). The minimum absolute atomic E-state index is 0.0498. The zero-order valence-corrected chi connectivity index (χ0v) is 21.7. The van der Waals surface area contributed by atoms with Crippen LogP contribution in [0.25, 0.3) is 0 Å². The van der Waals surface area contributed by atoms with Crippen LogP contribution in [-0.4, -0.2) is 70.4 Å². The first-order valence-corrected chi connectivity index (χ1v) is 12.7. The molecule has 0 spiro atoms. The number of phenols is 1. The van der Waals surface area contributed by atoms with E-state index in [1.165, 1.54) is 12.1 Å². The second-order valence-corrected chi connectivity index (χ2v) is 9.14. The molecule has 12 heteroatoms. The topological polar surface area (TPSA) is 197 Å². The van der Waals surface area contributed by atoms with Gasteiger partial charge in [0.2, 0.25) is 17.7 Å². The van der Waals surface area contributed by atoms with Crippen molar-refractivity contribution in [1.29, 1.82) is 0 Å². The van der Waals surface area contributed by atoms with E-state index in [2.05, 4.69) is 28.6 Å². The van der Waals surface area contributed by atoms with Crippen molar-refractivity contribution < 1.29 is 29.4 Å². The average molecular weight is 526 g/mol. The van der Waals surface area contributed by atoms with Crippen LogP contribution in [0.3, 0.4) is 0 Å². The molecule has 0 heterocycles. The van der Waals surface area contributed by atoms with Crippen molar-refractivity contribution in [1.82, 2.24) is 16.0 Å². The molecule has 1 aromatic rings. The van der Waals surface area contributed by atoms with Crippen LogP contribution >= 0.6 is 12.6 Å². The zero-order chi connectivity index (χ0) is 27.3. The Bertz CT molecular complexity index is 869. The molecule has 0 aliphatic rings. The Morgan fingerprint density at radius 2 is 1.50 bits per heavy atom. The van der Waals surface area contributed by atoms with Gasteiger partial charge in [0.05, 0.1) is 6.04 Å². The van der Waals surface area contributed by atoms with Gasteiger partial charge in [-0.05, 0) is 49.4 Å². The molecule has 0 aliphatic carbocycles. The highest BCUT2D eigenvalue weighted by Gasteiger charge is 2.30. The third-order valence-corrected chi connectivity index (χ3v) is 6.31. The first-order chi connectivity index (χ1) is 17.0. The van der Waals surface area contributed by atoms with Gasteiger partial charge in [0.15, 0.2) is 0 Å². The SMILES string of the molecule is CCC(C)C(N)C(=O)NC(Cc1ccc(O)cc1)C(=O)NC(CS)C(=O)NC(CCCCN)C(=O)O. The second-order valence-electron chi connectivity index (χ2n) is 8.77. The number of aliphatic carboxylic acids is 1. The smallest absolute Gasteiger partial charge is 0.326 e. The summed E-state index contributed by atoms with van der Waals surface area (Å²) in [6.07, 6.45) is 2.06. The maximum absolute atomic E-state index is 13.2. The van der Waals surface area contributed by atoms with E-state index in [1.54, 1.807) is 12.1 Å². The number of benzene rings is 1. The second kappa shape index (κ2) is 16.0. The number of carboxylic acid groups (broad SMARTS) is 1. The summed E-state index contributed by atoms with van der Waals surface area (Å²) in [6, 6.07) is 1.95. The molecule has 5 atom stereocenters. The van der Waals surface area contributed by atoms with Crippen molar-refractivity contribution in [2.45, 2.75) is 70.1 Å². The standard InChI is InChI=1S/C24H39N5O6S/c1-3-14(2)20(26)23(33)28-18(12-15-7-9-16(30)10-8-15)21(31)29-19(13-36)22(32)27-17(24(34)35)6-4-5-11-25/h7-10,14,17-20,30,36H,3-6,11-13,25-26H2,1-2H3,(H,27,32)(H,28,33)(H,29,31)(H,34,35). The first-order valence-electron chi connectivity index (χ1n) is 12.0. The van der Waals surface area contributed by atoms with Crippen LogP contribution in [0.5, 0.6) is 5.75 Å². The van der Waals surface area contributed by atoms with Gasteiger partial charge in [0.1, 0.15) is 23.9 Å². The lowest BCUT2D eigenvalue weighted by Gasteiger charge is -2.25. The minimum Gasteiger partial charge on any atom is -0.508 e. The quantitative estimate of drug-likeness (QED) is 0.108. The number of carbonyl (C=O) groups excluding carboxylic acids is 3. The number of nitrogens with two attached hydrogens (primary N) is 2. The third kappa shape index (κ3) is 10.4. The molecule has 202 valence electrons. The van der Waals surface area contributed by atoms with Crippen molar-refractivity contribution in [3.63, 3.8) is 0 Å². The Balaban J connectivity index is 3.00. The minimum atomic E-state index is -1.19. The number of phenolic OH excluding ortho intramolecular Hbond substituents is 1. The number of aromatic hydroxyl groups is 1. The summed E-state index contributed by atoms with van der Waals surface area (Å²) >= 11 is 4.14. The van der Waals surface area contributed by atoms with Gasteiger partial charge in [0.25, 0.3) is 0 Å². The fraction of sp³-hybridized carbons (Fsp3) is 0.583. The van der Waals surface area contributed by atoms with Gasteiger partial charge in [0, 0.05) is 12.2 Å². The van der Waals surface area contributed by atoms with Crippen LogP contribution in [0.4, 0.5) is 0 Å². The number of carboxylic acids is 1. The van der Waals surface area contributed by atoms with Crippen LogP contribution in [0, 0.1) is 5.92 Å². The van der Waals surface area contributed by atoms with E-state index in [4.69, 9.17) is 11.5 Å². The highest BCUT2D eigenvalue weighted by Crippen LogP contribution is 2.13. The van der Waals surface area contributed by atoms with Crippen molar-refractivity contribution >= 4 is 36.3 Å². The van der Waals surface area contributed by atoms with Crippen LogP contribution in [0.2, 0.25) is 0 Å². The Hall–Kier alpha value is -2.83. The predicted octanol–water partition coefficient (Wildman–Crippen LogP) is -0.0941. The lowest BCUT2D eigenvalue weighted by molar-refractivity contribution is -0.142. The Labute approximate surface area is 217 Å². The van der Waals surface area contributed by atoms with E-state index in [9.17, 15) is 29.4 Å². The Morgan fingerprint density at radius 1 is 0.944 bits per heavy atom. The van der Waals surface area contributed by atoms with Crippen LogP contribution in [0.15, 0.2) is 24.3 Å². The summed E-state index contributed by atoms with van der Waals surface area (Å²) in [5, 5.41) is 26.6. The zero-order valence-electron chi connectivity index (χ0n) is 20.8. The molecule has 3 amide bonds. The number of unbranched alkanes of at least 4 members (excludes halogenated alkanes) is 1. The number of thiol groups is 1. The lowest BCUT2D eigenvalue weighted by atomic mass is 9.98. The molecule has 9 N–H and O–H groups in total. The number of rotatable bonds is 16. The summed E-state index contributed by atoms with van der Waals surface area (Å²) in [7, 11) is 0. The van der Waals surface area contributed by atoms with Crippen molar-refractivity contribution in [2.24, 2.45) is 17.4 Å².